The lowest BCUT2D eigenvalue weighted by atomic mass is 9.95. The number of rotatable bonds is 4. The van der Waals surface area contributed by atoms with E-state index in [1.807, 2.05) is 13.2 Å². The van der Waals surface area contributed by atoms with Crippen molar-refractivity contribution in [2.45, 2.75) is 17.3 Å². The minimum Gasteiger partial charge on any atom is -0.507 e. The Labute approximate surface area is 180 Å². The summed E-state index contributed by atoms with van der Waals surface area (Å²) >= 11 is 2.53. The fraction of sp³-hybridized carbons (Fsp3) is 0.143. The number of Topliss-reactive ketones (excluding diaryl/α,β-unsaturated/α-hetero) is 1. The van der Waals surface area contributed by atoms with E-state index >= 15 is 0 Å². The number of anilines is 1. The van der Waals surface area contributed by atoms with Gasteiger partial charge in [0.15, 0.2) is 4.34 Å². The normalized spacial score (nSPS) is 18.2. The van der Waals surface area contributed by atoms with Gasteiger partial charge in [-0.25, -0.2) is 4.39 Å². The van der Waals surface area contributed by atoms with Crippen LogP contribution in [0, 0.1) is 12.7 Å². The van der Waals surface area contributed by atoms with Crippen LogP contribution in [0.15, 0.2) is 58.4 Å². The fourth-order valence-electron chi connectivity index (χ4n) is 3.24. The number of aromatic nitrogens is 2. The summed E-state index contributed by atoms with van der Waals surface area (Å²) in [5.41, 5.74) is 1.80. The standard InChI is InChI=1S/C21H16FN3O3S2/c1-11-3-5-13(6-4-11)17(26)15-16(12-7-9-14(22)10-8-12)25(19(28)18(15)27)20-23-24-21(29-2)30-20/h3-10,16,26H,1-2H3/b17-15-. The Morgan fingerprint density at radius 3 is 2.37 bits per heavy atom. The van der Waals surface area contributed by atoms with Gasteiger partial charge >= 0.3 is 5.91 Å². The van der Waals surface area contributed by atoms with Crippen molar-refractivity contribution in [3.05, 3.63) is 76.6 Å². The van der Waals surface area contributed by atoms with Crippen molar-refractivity contribution in [3.63, 3.8) is 0 Å². The van der Waals surface area contributed by atoms with Gasteiger partial charge in [-0.3, -0.25) is 14.5 Å². The Bertz CT molecular complexity index is 1160. The third-order valence-corrected chi connectivity index (χ3v) is 6.63. The van der Waals surface area contributed by atoms with Gasteiger partial charge in [0.05, 0.1) is 11.6 Å². The lowest BCUT2D eigenvalue weighted by molar-refractivity contribution is -0.132. The minimum atomic E-state index is -0.949. The molecule has 0 bridgehead atoms. The molecule has 1 amide bonds. The molecule has 1 saturated heterocycles. The first-order valence-electron chi connectivity index (χ1n) is 8.91. The van der Waals surface area contributed by atoms with Crippen molar-refractivity contribution >= 4 is 45.7 Å². The number of thioether (sulfide) groups is 1. The van der Waals surface area contributed by atoms with Crippen LogP contribution in [0.5, 0.6) is 0 Å². The molecule has 30 heavy (non-hydrogen) atoms. The van der Waals surface area contributed by atoms with Crippen molar-refractivity contribution in [1.29, 1.82) is 0 Å². The third-order valence-electron chi connectivity index (χ3n) is 4.73. The van der Waals surface area contributed by atoms with Crippen LogP contribution in [0.4, 0.5) is 9.52 Å². The predicted molar refractivity (Wildman–Crippen MR) is 114 cm³/mol. The first-order valence-corrected chi connectivity index (χ1v) is 11.0. The molecule has 3 aromatic rings. The molecule has 1 aliphatic rings. The Morgan fingerprint density at radius 1 is 1.10 bits per heavy atom. The molecule has 0 radical (unpaired) electrons. The van der Waals surface area contributed by atoms with Crippen LogP contribution in [0.1, 0.15) is 22.7 Å². The summed E-state index contributed by atoms with van der Waals surface area (Å²) in [4.78, 5) is 27.1. The van der Waals surface area contributed by atoms with E-state index in [0.29, 0.717) is 15.5 Å². The quantitative estimate of drug-likeness (QED) is 0.213. The summed E-state index contributed by atoms with van der Waals surface area (Å²) in [6, 6.07) is 11.5. The summed E-state index contributed by atoms with van der Waals surface area (Å²) in [5.74, 6) is -2.39. The third kappa shape index (κ3) is 3.50. The fourth-order valence-corrected chi connectivity index (χ4v) is 4.53. The molecular formula is C21H16FN3O3S2. The number of aliphatic hydroxyl groups excluding tert-OH is 1. The number of aryl methyl sites for hydroxylation is 1. The van der Waals surface area contributed by atoms with E-state index in [9.17, 15) is 19.1 Å². The van der Waals surface area contributed by atoms with Gasteiger partial charge in [-0.15, -0.1) is 10.2 Å². The zero-order valence-electron chi connectivity index (χ0n) is 16.0. The molecule has 0 saturated carbocycles. The van der Waals surface area contributed by atoms with E-state index in [-0.39, 0.29) is 16.5 Å². The van der Waals surface area contributed by atoms with E-state index in [2.05, 4.69) is 10.2 Å². The van der Waals surface area contributed by atoms with E-state index in [1.165, 1.54) is 40.9 Å². The van der Waals surface area contributed by atoms with Gasteiger partial charge in [-0.1, -0.05) is 65.1 Å². The lowest BCUT2D eigenvalue weighted by Gasteiger charge is -2.22. The Morgan fingerprint density at radius 2 is 1.77 bits per heavy atom. The van der Waals surface area contributed by atoms with Gasteiger partial charge in [-0.05, 0) is 30.9 Å². The zero-order chi connectivity index (χ0) is 21.4. The van der Waals surface area contributed by atoms with E-state index < -0.39 is 23.5 Å². The average Bonchev–Trinajstić information content (AvgIpc) is 3.31. The maximum Gasteiger partial charge on any atom is 0.301 e. The van der Waals surface area contributed by atoms with Crippen LogP contribution in [0.2, 0.25) is 0 Å². The van der Waals surface area contributed by atoms with Crippen molar-refractivity contribution in [2.75, 3.05) is 11.2 Å². The number of amides is 1. The van der Waals surface area contributed by atoms with Crippen LogP contribution in [-0.2, 0) is 9.59 Å². The molecule has 1 aromatic heterocycles. The highest BCUT2D eigenvalue weighted by Crippen LogP contribution is 2.43. The number of ketones is 1. The summed E-state index contributed by atoms with van der Waals surface area (Å²) in [6.07, 6.45) is 1.83. The van der Waals surface area contributed by atoms with E-state index in [4.69, 9.17) is 0 Å². The molecule has 152 valence electrons. The molecule has 4 rings (SSSR count). The smallest absolute Gasteiger partial charge is 0.301 e. The Balaban J connectivity index is 1.92. The second kappa shape index (κ2) is 8.00. The molecule has 6 nitrogen and oxygen atoms in total. The monoisotopic (exact) mass is 441 g/mol. The van der Waals surface area contributed by atoms with Crippen LogP contribution >= 0.6 is 23.1 Å². The van der Waals surface area contributed by atoms with Gasteiger partial charge in [0.25, 0.3) is 5.78 Å². The Hall–Kier alpha value is -3.04. The van der Waals surface area contributed by atoms with Crippen molar-refractivity contribution in [3.8, 4) is 0 Å². The van der Waals surface area contributed by atoms with Crippen molar-refractivity contribution in [1.82, 2.24) is 10.2 Å². The zero-order valence-corrected chi connectivity index (χ0v) is 17.6. The SMILES string of the molecule is CSc1nnc(N2C(=O)C(=O)/C(=C(\O)c3ccc(C)cc3)C2c2ccc(F)cc2)s1. The first-order chi connectivity index (χ1) is 14.4. The molecule has 1 aliphatic heterocycles. The molecule has 1 N–H and O–H groups in total. The molecule has 2 heterocycles. The van der Waals surface area contributed by atoms with Gasteiger partial charge in [0.1, 0.15) is 11.6 Å². The van der Waals surface area contributed by atoms with Crippen LogP contribution < -0.4 is 4.90 Å². The van der Waals surface area contributed by atoms with Crippen LogP contribution in [0.3, 0.4) is 0 Å². The van der Waals surface area contributed by atoms with Crippen molar-refractivity contribution < 1.29 is 19.1 Å². The minimum absolute atomic E-state index is 0.0728. The molecule has 1 atom stereocenters. The maximum absolute atomic E-state index is 13.5. The summed E-state index contributed by atoms with van der Waals surface area (Å²) in [6.45, 7) is 1.90. The van der Waals surface area contributed by atoms with Gasteiger partial charge in [0.2, 0.25) is 5.13 Å². The number of hydrogen-bond acceptors (Lipinski definition) is 7. The highest BCUT2D eigenvalue weighted by atomic mass is 32.2. The first kappa shape index (κ1) is 20.2. The number of halogens is 1. The number of hydrogen-bond donors (Lipinski definition) is 1. The molecule has 2 aromatic carbocycles. The second-order valence-electron chi connectivity index (χ2n) is 6.64. The molecule has 1 unspecified atom stereocenters. The second-order valence-corrected chi connectivity index (χ2v) is 8.65. The van der Waals surface area contributed by atoms with Gasteiger partial charge < -0.3 is 5.11 Å². The molecule has 9 heteroatoms. The molecular weight excluding hydrogens is 425 g/mol. The summed E-state index contributed by atoms with van der Waals surface area (Å²) in [7, 11) is 0. The molecule has 0 aliphatic carbocycles. The topological polar surface area (TPSA) is 83.4 Å². The van der Waals surface area contributed by atoms with Gasteiger partial charge in [0, 0.05) is 5.56 Å². The Kier molecular flexibility index (Phi) is 5.40. The predicted octanol–water partition coefficient (Wildman–Crippen LogP) is 4.33. The number of aliphatic hydroxyl groups is 1. The van der Waals surface area contributed by atoms with E-state index in [0.717, 1.165) is 16.9 Å². The number of carbonyl (C=O) groups excluding carboxylic acids is 2. The summed E-state index contributed by atoms with van der Waals surface area (Å²) < 4.78 is 14.2. The number of nitrogens with zero attached hydrogens (tertiary/aromatic N) is 3. The van der Waals surface area contributed by atoms with Crippen LogP contribution in [-0.4, -0.2) is 33.3 Å². The van der Waals surface area contributed by atoms with Gasteiger partial charge in [-0.2, -0.15) is 0 Å². The largest absolute Gasteiger partial charge is 0.507 e. The highest BCUT2D eigenvalue weighted by molar-refractivity contribution is 8.00. The number of carbonyl (C=O) groups is 2. The summed E-state index contributed by atoms with van der Waals surface area (Å²) in [5, 5.41) is 19.3. The lowest BCUT2D eigenvalue weighted by Crippen LogP contribution is -2.29. The maximum atomic E-state index is 13.5. The van der Waals surface area contributed by atoms with E-state index in [1.54, 1.807) is 24.3 Å². The average molecular weight is 442 g/mol. The van der Waals surface area contributed by atoms with Crippen LogP contribution in [0.25, 0.3) is 5.76 Å². The number of benzene rings is 2. The molecule has 0 spiro atoms. The highest BCUT2D eigenvalue weighted by Gasteiger charge is 2.48. The molecule has 1 fully saturated rings. The van der Waals surface area contributed by atoms with Crippen molar-refractivity contribution in [2.24, 2.45) is 0 Å².